The van der Waals surface area contributed by atoms with Gasteiger partial charge in [-0.3, -0.25) is 19.5 Å². The lowest BCUT2D eigenvalue weighted by Crippen LogP contribution is -2.12. The second-order valence-corrected chi connectivity index (χ2v) is 6.74. The smallest absolute Gasteiger partial charge is 0.304 e. The maximum atomic E-state index is 11.8. The number of aryl methyl sites for hydroxylation is 1. The SMILES string of the molecule is CC(=O)OC1N=C(c2ccccc2)c2cc([N+](=O)[O-])ccc2-n2c1nc(C)c2C. The minimum atomic E-state index is -0.971. The van der Waals surface area contributed by atoms with E-state index in [1.165, 1.54) is 19.1 Å². The number of non-ortho nitro benzene ring substituents is 1. The van der Waals surface area contributed by atoms with Crippen LogP contribution in [-0.2, 0) is 9.53 Å². The third kappa shape index (κ3) is 3.18. The predicted molar refractivity (Wildman–Crippen MR) is 106 cm³/mol. The largest absolute Gasteiger partial charge is 0.432 e. The van der Waals surface area contributed by atoms with Crippen LogP contribution in [0.15, 0.2) is 53.5 Å². The van der Waals surface area contributed by atoms with Gasteiger partial charge in [0.15, 0.2) is 5.82 Å². The Labute approximate surface area is 166 Å². The molecule has 0 saturated heterocycles. The lowest BCUT2D eigenvalue weighted by Gasteiger charge is -2.14. The molecule has 146 valence electrons. The average molecular weight is 390 g/mol. The number of imidazole rings is 1. The van der Waals surface area contributed by atoms with E-state index in [2.05, 4.69) is 4.98 Å². The predicted octanol–water partition coefficient (Wildman–Crippen LogP) is 3.81. The van der Waals surface area contributed by atoms with Crippen molar-refractivity contribution >= 4 is 17.4 Å². The van der Waals surface area contributed by atoms with Crippen LogP contribution in [-0.4, -0.2) is 26.2 Å². The zero-order chi connectivity index (χ0) is 20.7. The monoisotopic (exact) mass is 390 g/mol. The fourth-order valence-electron chi connectivity index (χ4n) is 3.44. The van der Waals surface area contributed by atoms with Gasteiger partial charge in [-0.15, -0.1) is 0 Å². The number of nitro benzene ring substituents is 1. The minimum absolute atomic E-state index is 0.0469. The number of fused-ring (bicyclic) bond motifs is 3. The summed E-state index contributed by atoms with van der Waals surface area (Å²) in [6.07, 6.45) is -0.971. The van der Waals surface area contributed by atoms with E-state index in [0.29, 0.717) is 22.8 Å². The molecule has 8 nitrogen and oxygen atoms in total. The number of carbonyl (C=O) groups excluding carboxylic acids is 1. The van der Waals surface area contributed by atoms with Gasteiger partial charge < -0.3 is 4.74 Å². The molecule has 0 saturated carbocycles. The van der Waals surface area contributed by atoms with E-state index in [1.54, 1.807) is 6.07 Å². The molecule has 2 heterocycles. The van der Waals surface area contributed by atoms with E-state index in [9.17, 15) is 14.9 Å². The number of aliphatic imine (C=N–C) groups is 1. The maximum Gasteiger partial charge on any atom is 0.304 e. The van der Waals surface area contributed by atoms with Gasteiger partial charge in [0.2, 0.25) is 0 Å². The average Bonchev–Trinajstić information content (AvgIpc) is 2.92. The molecule has 0 radical (unpaired) electrons. The molecule has 0 N–H and O–H groups in total. The third-order valence-electron chi connectivity index (χ3n) is 4.85. The van der Waals surface area contributed by atoms with E-state index < -0.39 is 17.1 Å². The van der Waals surface area contributed by atoms with E-state index in [1.807, 2.05) is 48.7 Å². The van der Waals surface area contributed by atoms with Crippen LogP contribution in [0.1, 0.15) is 41.5 Å². The van der Waals surface area contributed by atoms with Crippen molar-refractivity contribution in [2.24, 2.45) is 4.99 Å². The van der Waals surface area contributed by atoms with Crippen molar-refractivity contribution in [3.8, 4) is 5.69 Å². The Balaban J connectivity index is 2.07. The molecule has 0 spiro atoms. The number of rotatable bonds is 3. The number of carbonyl (C=O) groups is 1. The molecule has 0 fully saturated rings. The third-order valence-corrected chi connectivity index (χ3v) is 4.85. The first-order chi connectivity index (χ1) is 13.9. The molecule has 1 atom stereocenters. The number of hydrogen-bond donors (Lipinski definition) is 0. The Morgan fingerprint density at radius 2 is 1.90 bits per heavy atom. The summed E-state index contributed by atoms with van der Waals surface area (Å²) in [5.74, 6) is -0.0378. The van der Waals surface area contributed by atoms with Gasteiger partial charge in [0.1, 0.15) is 0 Å². The van der Waals surface area contributed by atoms with Gasteiger partial charge in [0, 0.05) is 35.9 Å². The van der Waals surface area contributed by atoms with E-state index >= 15 is 0 Å². The molecule has 2 aromatic carbocycles. The Morgan fingerprint density at radius 1 is 1.17 bits per heavy atom. The maximum absolute atomic E-state index is 11.8. The summed E-state index contributed by atoms with van der Waals surface area (Å²) in [6, 6.07) is 13.9. The number of ether oxygens (including phenoxy) is 1. The summed E-state index contributed by atoms with van der Waals surface area (Å²) < 4.78 is 7.33. The molecule has 29 heavy (non-hydrogen) atoms. The van der Waals surface area contributed by atoms with Crippen molar-refractivity contribution in [2.45, 2.75) is 27.0 Å². The van der Waals surface area contributed by atoms with Crippen LogP contribution >= 0.6 is 0 Å². The number of hydrogen-bond acceptors (Lipinski definition) is 6. The van der Waals surface area contributed by atoms with Crippen molar-refractivity contribution in [2.75, 3.05) is 0 Å². The highest BCUT2D eigenvalue weighted by atomic mass is 16.6. The van der Waals surface area contributed by atoms with E-state index in [-0.39, 0.29) is 5.69 Å². The summed E-state index contributed by atoms with van der Waals surface area (Å²) in [6.45, 7) is 5.07. The Bertz CT molecular complexity index is 1160. The highest BCUT2D eigenvalue weighted by molar-refractivity contribution is 6.15. The van der Waals surface area contributed by atoms with Crippen molar-refractivity contribution in [3.63, 3.8) is 0 Å². The number of esters is 1. The highest BCUT2D eigenvalue weighted by Gasteiger charge is 2.31. The molecule has 0 amide bonds. The standard InChI is InChI=1S/C21H18N4O4/c1-12-13(2)24-18-10-9-16(25(27)28)11-17(18)19(15-7-5-4-6-8-15)23-21(20(24)22-12)29-14(3)26/h4-11,21H,1-3H3. The Hall–Kier alpha value is -3.81. The summed E-state index contributed by atoms with van der Waals surface area (Å²) in [7, 11) is 0. The molecule has 0 aliphatic carbocycles. The topological polar surface area (TPSA) is 99.6 Å². The van der Waals surface area contributed by atoms with Gasteiger partial charge in [-0.2, -0.15) is 0 Å². The molecule has 0 bridgehead atoms. The normalized spacial score (nSPS) is 15.0. The number of benzene rings is 2. The Morgan fingerprint density at radius 3 is 2.55 bits per heavy atom. The number of nitro groups is 1. The van der Waals surface area contributed by atoms with Gasteiger partial charge in [-0.1, -0.05) is 30.3 Å². The molecule has 4 rings (SSSR count). The molecule has 3 aromatic rings. The molecule has 1 aromatic heterocycles. The van der Waals surface area contributed by atoms with Gasteiger partial charge in [0.25, 0.3) is 11.9 Å². The zero-order valence-electron chi connectivity index (χ0n) is 16.1. The summed E-state index contributed by atoms with van der Waals surface area (Å²) in [4.78, 5) is 32.0. The van der Waals surface area contributed by atoms with Crippen molar-refractivity contribution in [1.82, 2.24) is 9.55 Å². The molecule has 1 unspecified atom stereocenters. The van der Waals surface area contributed by atoms with Gasteiger partial charge in [-0.25, -0.2) is 9.98 Å². The van der Waals surface area contributed by atoms with Crippen LogP contribution in [0.5, 0.6) is 0 Å². The summed E-state index contributed by atoms with van der Waals surface area (Å²) in [5.41, 5.74) is 4.08. The van der Waals surface area contributed by atoms with Crippen molar-refractivity contribution < 1.29 is 14.5 Å². The van der Waals surface area contributed by atoms with Crippen LogP contribution in [0.25, 0.3) is 5.69 Å². The number of nitrogens with zero attached hydrogens (tertiary/aromatic N) is 4. The van der Waals surface area contributed by atoms with Gasteiger partial charge in [0.05, 0.1) is 22.0 Å². The van der Waals surface area contributed by atoms with Crippen LogP contribution in [0.2, 0.25) is 0 Å². The van der Waals surface area contributed by atoms with Crippen LogP contribution in [0, 0.1) is 24.0 Å². The lowest BCUT2D eigenvalue weighted by molar-refractivity contribution is -0.384. The molecular formula is C21H18N4O4. The zero-order valence-corrected chi connectivity index (χ0v) is 16.1. The Kier molecular flexibility index (Phi) is 4.46. The molecule has 1 aliphatic rings. The summed E-state index contributed by atoms with van der Waals surface area (Å²) >= 11 is 0. The first-order valence-electron chi connectivity index (χ1n) is 9.02. The van der Waals surface area contributed by atoms with Crippen LogP contribution < -0.4 is 0 Å². The van der Waals surface area contributed by atoms with Crippen LogP contribution in [0.4, 0.5) is 5.69 Å². The molecule has 1 aliphatic heterocycles. The van der Waals surface area contributed by atoms with Crippen molar-refractivity contribution in [3.05, 3.63) is 87.0 Å². The van der Waals surface area contributed by atoms with Gasteiger partial charge >= 0.3 is 5.97 Å². The molecule has 8 heteroatoms. The second kappa shape index (κ2) is 6.97. The number of aromatic nitrogens is 2. The molecular weight excluding hydrogens is 372 g/mol. The van der Waals surface area contributed by atoms with E-state index in [4.69, 9.17) is 9.73 Å². The summed E-state index contributed by atoms with van der Waals surface area (Å²) in [5, 5.41) is 11.4. The first-order valence-corrected chi connectivity index (χ1v) is 9.02. The fraction of sp³-hybridized carbons (Fsp3) is 0.190. The van der Waals surface area contributed by atoms with Crippen molar-refractivity contribution in [1.29, 1.82) is 0 Å². The lowest BCUT2D eigenvalue weighted by atomic mass is 9.99. The van der Waals surface area contributed by atoms with E-state index in [0.717, 1.165) is 17.0 Å². The second-order valence-electron chi connectivity index (χ2n) is 6.74. The first kappa shape index (κ1) is 18.5. The highest BCUT2D eigenvalue weighted by Crippen LogP contribution is 2.34. The minimum Gasteiger partial charge on any atom is -0.432 e. The van der Waals surface area contributed by atoms with Gasteiger partial charge in [-0.05, 0) is 19.9 Å². The van der Waals surface area contributed by atoms with Crippen LogP contribution in [0.3, 0.4) is 0 Å². The fourth-order valence-corrected chi connectivity index (χ4v) is 3.44. The quantitative estimate of drug-likeness (QED) is 0.385.